The molecule has 1 fully saturated rings. The molecule has 5 heteroatoms. The number of nitrogens with zero attached hydrogens (tertiary/aromatic N) is 2. The Morgan fingerprint density at radius 2 is 2.17 bits per heavy atom. The van der Waals surface area contributed by atoms with E-state index in [1.54, 1.807) is 6.26 Å². The van der Waals surface area contributed by atoms with Crippen LogP contribution in [-0.4, -0.2) is 55.0 Å². The molecule has 1 aromatic heterocycles. The molecule has 0 saturated carbocycles. The van der Waals surface area contributed by atoms with Crippen LogP contribution in [-0.2, 0) is 11.3 Å². The number of carbonyl (C=O) groups excluding carboxylic acids is 1. The zero-order chi connectivity index (χ0) is 12.8. The summed E-state index contributed by atoms with van der Waals surface area (Å²) in [5.41, 5.74) is 0. The molecule has 1 aliphatic rings. The summed E-state index contributed by atoms with van der Waals surface area (Å²) in [6.45, 7) is 7.59. The fourth-order valence-corrected chi connectivity index (χ4v) is 2.12. The predicted octanol–water partition coefficient (Wildman–Crippen LogP) is 0.533. The van der Waals surface area contributed by atoms with Gasteiger partial charge >= 0.3 is 0 Å². The van der Waals surface area contributed by atoms with Gasteiger partial charge in [-0.2, -0.15) is 0 Å². The van der Waals surface area contributed by atoms with E-state index in [9.17, 15) is 4.79 Å². The van der Waals surface area contributed by atoms with Crippen LogP contribution in [0.5, 0.6) is 0 Å². The molecule has 2 rings (SSSR count). The number of furan rings is 1. The Morgan fingerprint density at radius 3 is 2.78 bits per heavy atom. The number of hydrogen-bond acceptors (Lipinski definition) is 4. The Labute approximate surface area is 108 Å². The number of rotatable bonds is 5. The van der Waals surface area contributed by atoms with E-state index < -0.39 is 0 Å². The first-order valence-electron chi connectivity index (χ1n) is 6.53. The normalized spacial score (nSPS) is 17.1. The molecular formula is C13H21N3O2. The minimum Gasteiger partial charge on any atom is -0.468 e. The Kier molecular flexibility index (Phi) is 4.78. The molecule has 0 aliphatic carbocycles. The lowest BCUT2D eigenvalue weighted by Gasteiger charge is -2.34. The van der Waals surface area contributed by atoms with Gasteiger partial charge in [0.2, 0.25) is 5.91 Å². The molecule has 1 amide bonds. The van der Waals surface area contributed by atoms with Crippen LogP contribution in [0.3, 0.4) is 0 Å². The SMILES string of the molecule is CCNCC(=O)N1CCN(Cc2ccco2)CC1. The third-order valence-corrected chi connectivity index (χ3v) is 3.21. The van der Waals surface area contributed by atoms with Crippen molar-refractivity contribution in [3.63, 3.8) is 0 Å². The highest BCUT2D eigenvalue weighted by Crippen LogP contribution is 2.08. The Hall–Kier alpha value is -1.33. The third-order valence-electron chi connectivity index (χ3n) is 3.21. The number of carbonyl (C=O) groups is 1. The fourth-order valence-electron chi connectivity index (χ4n) is 2.12. The molecule has 0 aromatic carbocycles. The summed E-state index contributed by atoms with van der Waals surface area (Å²) in [5, 5.41) is 3.07. The van der Waals surface area contributed by atoms with Gasteiger partial charge in [-0.05, 0) is 18.7 Å². The summed E-state index contributed by atoms with van der Waals surface area (Å²) in [5.74, 6) is 1.19. The molecule has 100 valence electrons. The highest BCUT2D eigenvalue weighted by molar-refractivity contribution is 5.78. The van der Waals surface area contributed by atoms with Crippen molar-refractivity contribution in [3.05, 3.63) is 24.2 Å². The van der Waals surface area contributed by atoms with Gasteiger partial charge < -0.3 is 14.6 Å². The van der Waals surface area contributed by atoms with E-state index in [-0.39, 0.29) is 5.91 Å². The van der Waals surface area contributed by atoms with Crippen LogP contribution in [0.15, 0.2) is 22.8 Å². The Balaban J connectivity index is 1.72. The van der Waals surface area contributed by atoms with Gasteiger partial charge in [0.25, 0.3) is 0 Å². The number of piperazine rings is 1. The van der Waals surface area contributed by atoms with Gasteiger partial charge in [-0.25, -0.2) is 0 Å². The zero-order valence-electron chi connectivity index (χ0n) is 10.9. The van der Waals surface area contributed by atoms with Gasteiger partial charge in [-0.1, -0.05) is 6.92 Å². The van der Waals surface area contributed by atoms with Crippen LogP contribution in [0.2, 0.25) is 0 Å². The Morgan fingerprint density at radius 1 is 1.39 bits per heavy atom. The molecular weight excluding hydrogens is 230 g/mol. The van der Waals surface area contributed by atoms with Crippen LogP contribution in [0.25, 0.3) is 0 Å². The summed E-state index contributed by atoms with van der Waals surface area (Å²) in [4.78, 5) is 16.1. The summed E-state index contributed by atoms with van der Waals surface area (Å²) in [7, 11) is 0. The van der Waals surface area contributed by atoms with E-state index in [0.717, 1.165) is 45.0 Å². The monoisotopic (exact) mass is 251 g/mol. The van der Waals surface area contributed by atoms with E-state index in [1.165, 1.54) is 0 Å². The van der Waals surface area contributed by atoms with Crippen LogP contribution in [0.1, 0.15) is 12.7 Å². The van der Waals surface area contributed by atoms with E-state index in [4.69, 9.17) is 4.42 Å². The van der Waals surface area contributed by atoms with E-state index in [1.807, 2.05) is 24.0 Å². The van der Waals surface area contributed by atoms with Crippen molar-refractivity contribution < 1.29 is 9.21 Å². The maximum absolute atomic E-state index is 11.8. The van der Waals surface area contributed by atoms with Crippen LogP contribution < -0.4 is 5.32 Å². The minimum absolute atomic E-state index is 0.203. The van der Waals surface area contributed by atoms with Crippen molar-refractivity contribution in [1.29, 1.82) is 0 Å². The standard InChI is InChI=1S/C13H21N3O2/c1-2-14-10-13(17)16-7-5-15(6-8-16)11-12-4-3-9-18-12/h3-4,9,14H,2,5-8,10-11H2,1H3. The number of hydrogen-bond donors (Lipinski definition) is 1. The summed E-state index contributed by atoms with van der Waals surface area (Å²) >= 11 is 0. The molecule has 0 radical (unpaired) electrons. The first-order chi connectivity index (χ1) is 8.79. The predicted molar refractivity (Wildman–Crippen MR) is 69.1 cm³/mol. The third kappa shape index (κ3) is 3.58. The molecule has 1 N–H and O–H groups in total. The lowest BCUT2D eigenvalue weighted by Crippen LogP contribution is -2.50. The molecule has 1 aliphatic heterocycles. The van der Waals surface area contributed by atoms with Crippen molar-refractivity contribution in [2.45, 2.75) is 13.5 Å². The lowest BCUT2D eigenvalue weighted by molar-refractivity contribution is -0.132. The highest BCUT2D eigenvalue weighted by Gasteiger charge is 2.20. The maximum Gasteiger partial charge on any atom is 0.236 e. The molecule has 5 nitrogen and oxygen atoms in total. The number of likely N-dealkylation sites (N-methyl/N-ethyl adjacent to an activating group) is 1. The van der Waals surface area contributed by atoms with Gasteiger partial charge in [0.1, 0.15) is 5.76 Å². The average molecular weight is 251 g/mol. The summed E-state index contributed by atoms with van der Waals surface area (Å²) < 4.78 is 5.33. The topological polar surface area (TPSA) is 48.7 Å². The molecule has 1 aromatic rings. The zero-order valence-corrected chi connectivity index (χ0v) is 10.9. The smallest absolute Gasteiger partial charge is 0.236 e. The van der Waals surface area contributed by atoms with E-state index in [2.05, 4.69) is 10.2 Å². The average Bonchev–Trinajstić information content (AvgIpc) is 2.89. The van der Waals surface area contributed by atoms with Crippen molar-refractivity contribution in [3.8, 4) is 0 Å². The summed E-state index contributed by atoms with van der Waals surface area (Å²) in [6.07, 6.45) is 1.70. The first-order valence-corrected chi connectivity index (χ1v) is 6.53. The molecule has 2 heterocycles. The molecule has 0 atom stereocenters. The molecule has 0 unspecified atom stereocenters. The van der Waals surface area contributed by atoms with Gasteiger partial charge in [0, 0.05) is 26.2 Å². The van der Waals surface area contributed by atoms with Crippen molar-refractivity contribution in [1.82, 2.24) is 15.1 Å². The Bertz CT molecular complexity index is 356. The summed E-state index contributed by atoms with van der Waals surface area (Å²) in [6, 6.07) is 3.90. The largest absolute Gasteiger partial charge is 0.468 e. The van der Waals surface area contributed by atoms with Crippen molar-refractivity contribution in [2.75, 3.05) is 39.3 Å². The quantitative estimate of drug-likeness (QED) is 0.829. The highest BCUT2D eigenvalue weighted by atomic mass is 16.3. The van der Waals surface area contributed by atoms with Gasteiger partial charge in [-0.15, -0.1) is 0 Å². The molecule has 18 heavy (non-hydrogen) atoms. The molecule has 1 saturated heterocycles. The van der Waals surface area contributed by atoms with E-state index >= 15 is 0 Å². The maximum atomic E-state index is 11.8. The second kappa shape index (κ2) is 6.56. The molecule has 0 spiro atoms. The first kappa shape index (κ1) is 13.1. The second-order valence-corrected chi connectivity index (χ2v) is 4.52. The molecule has 0 bridgehead atoms. The van der Waals surface area contributed by atoms with Crippen LogP contribution in [0, 0.1) is 0 Å². The van der Waals surface area contributed by atoms with Gasteiger partial charge in [-0.3, -0.25) is 9.69 Å². The van der Waals surface area contributed by atoms with Crippen LogP contribution >= 0.6 is 0 Å². The van der Waals surface area contributed by atoms with Crippen molar-refractivity contribution >= 4 is 5.91 Å². The van der Waals surface area contributed by atoms with E-state index in [0.29, 0.717) is 6.54 Å². The second-order valence-electron chi connectivity index (χ2n) is 4.52. The number of nitrogens with one attached hydrogen (secondary N) is 1. The van der Waals surface area contributed by atoms with Gasteiger partial charge in [0.05, 0.1) is 19.4 Å². The lowest BCUT2D eigenvalue weighted by atomic mass is 10.3. The van der Waals surface area contributed by atoms with Gasteiger partial charge in [0.15, 0.2) is 0 Å². The van der Waals surface area contributed by atoms with Crippen LogP contribution in [0.4, 0.5) is 0 Å². The fraction of sp³-hybridized carbons (Fsp3) is 0.615. The van der Waals surface area contributed by atoms with Crippen molar-refractivity contribution in [2.24, 2.45) is 0 Å². The number of amides is 1. The minimum atomic E-state index is 0.203.